The fourth-order valence-electron chi connectivity index (χ4n) is 2.77. The molecule has 0 fully saturated rings. The molecule has 0 aliphatic heterocycles. The van der Waals surface area contributed by atoms with Crippen LogP contribution in [0.1, 0.15) is 28.5 Å². The van der Waals surface area contributed by atoms with E-state index in [9.17, 15) is 9.90 Å². The van der Waals surface area contributed by atoms with Crippen molar-refractivity contribution >= 4 is 16.7 Å². The molecule has 4 heteroatoms. The second-order valence-corrected chi connectivity index (χ2v) is 5.00. The number of carbonyl (C=O) groups is 1. The van der Waals surface area contributed by atoms with Gasteiger partial charge in [-0.2, -0.15) is 0 Å². The van der Waals surface area contributed by atoms with E-state index in [1.54, 1.807) is 24.5 Å². The summed E-state index contributed by atoms with van der Waals surface area (Å²) in [6, 6.07) is 8.27. The predicted octanol–water partition coefficient (Wildman–Crippen LogP) is 3.07. The topological polar surface area (TPSA) is 55.1 Å². The van der Waals surface area contributed by atoms with Crippen molar-refractivity contribution in [3.05, 3.63) is 59.5 Å². The van der Waals surface area contributed by atoms with Crippen molar-refractivity contribution < 1.29 is 9.90 Å². The van der Waals surface area contributed by atoms with E-state index in [1.165, 1.54) is 12.1 Å². The van der Waals surface area contributed by atoms with E-state index in [-0.39, 0.29) is 11.5 Å². The van der Waals surface area contributed by atoms with Gasteiger partial charge in [-0.15, -0.1) is 0 Å². The number of ketones is 1. The van der Waals surface area contributed by atoms with Crippen molar-refractivity contribution in [2.24, 2.45) is 7.05 Å². The van der Waals surface area contributed by atoms with Crippen LogP contribution in [0.4, 0.5) is 0 Å². The molecule has 4 nitrogen and oxygen atoms in total. The third-order valence-electron chi connectivity index (χ3n) is 3.81. The number of nitrogens with zero attached hydrogens (tertiary/aromatic N) is 2. The van der Waals surface area contributed by atoms with Crippen LogP contribution in [0.5, 0.6) is 5.75 Å². The molecule has 0 aliphatic rings. The van der Waals surface area contributed by atoms with Crippen molar-refractivity contribution in [2.75, 3.05) is 0 Å². The minimum atomic E-state index is -0.0366. The molecule has 1 aromatic carbocycles. The zero-order chi connectivity index (χ0) is 15.0. The summed E-state index contributed by atoms with van der Waals surface area (Å²) < 4.78 is 2.05. The van der Waals surface area contributed by atoms with E-state index in [2.05, 4.69) is 4.98 Å². The molecule has 0 unspecified atom stereocenters. The summed E-state index contributed by atoms with van der Waals surface area (Å²) in [5.41, 5.74) is 3.27. The smallest absolute Gasteiger partial charge is 0.195 e. The second-order valence-electron chi connectivity index (χ2n) is 5.00. The minimum Gasteiger partial charge on any atom is -0.508 e. The average molecular weight is 280 g/mol. The lowest BCUT2D eigenvalue weighted by molar-refractivity contribution is 0.103. The number of benzene rings is 1. The number of hydrogen-bond donors (Lipinski definition) is 1. The van der Waals surface area contributed by atoms with Crippen LogP contribution in [-0.2, 0) is 13.5 Å². The van der Waals surface area contributed by atoms with Crippen molar-refractivity contribution in [3.8, 4) is 5.75 Å². The Labute approximate surface area is 122 Å². The minimum absolute atomic E-state index is 0.0366. The first kappa shape index (κ1) is 13.4. The molecular weight excluding hydrogens is 264 g/mol. The summed E-state index contributed by atoms with van der Waals surface area (Å²) in [5.74, 6) is 0.118. The molecule has 1 N–H and O–H groups in total. The number of hydrogen-bond acceptors (Lipinski definition) is 3. The van der Waals surface area contributed by atoms with Crippen LogP contribution in [0.15, 0.2) is 42.7 Å². The van der Waals surface area contributed by atoms with E-state index < -0.39 is 0 Å². The molecule has 0 radical (unpaired) electrons. The van der Waals surface area contributed by atoms with Crippen LogP contribution in [-0.4, -0.2) is 20.4 Å². The number of rotatable bonds is 3. The standard InChI is InChI=1S/C17H16N2O2/c1-3-14-16(13-10-18-9-8-15(13)19(14)2)17(21)11-4-6-12(20)7-5-11/h4-10,20H,3H2,1-2H3. The SMILES string of the molecule is CCc1c(C(=O)c2ccc(O)cc2)c2cnccc2n1C. The maximum atomic E-state index is 12.8. The van der Waals surface area contributed by atoms with Crippen LogP contribution < -0.4 is 0 Å². The monoisotopic (exact) mass is 280 g/mol. The molecule has 0 atom stereocenters. The van der Waals surface area contributed by atoms with Crippen LogP contribution in [0, 0.1) is 0 Å². The van der Waals surface area contributed by atoms with Gasteiger partial charge in [-0.1, -0.05) is 6.92 Å². The molecular formula is C17H16N2O2. The van der Waals surface area contributed by atoms with Crippen molar-refractivity contribution in [2.45, 2.75) is 13.3 Å². The van der Waals surface area contributed by atoms with Gasteiger partial charge < -0.3 is 9.67 Å². The van der Waals surface area contributed by atoms with Crippen molar-refractivity contribution in [1.82, 2.24) is 9.55 Å². The highest BCUT2D eigenvalue weighted by molar-refractivity contribution is 6.17. The van der Waals surface area contributed by atoms with Crippen LogP contribution in [0.25, 0.3) is 10.9 Å². The summed E-state index contributed by atoms with van der Waals surface area (Å²) in [6.45, 7) is 2.04. The van der Waals surface area contributed by atoms with E-state index in [0.717, 1.165) is 23.0 Å². The van der Waals surface area contributed by atoms with Crippen molar-refractivity contribution in [3.63, 3.8) is 0 Å². The van der Waals surface area contributed by atoms with E-state index in [0.29, 0.717) is 11.1 Å². The van der Waals surface area contributed by atoms with Gasteiger partial charge in [0.1, 0.15) is 5.75 Å². The summed E-state index contributed by atoms with van der Waals surface area (Å²) in [4.78, 5) is 17.0. The first-order valence-electron chi connectivity index (χ1n) is 6.88. The molecule has 3 rings (SSSR count). The lowest BCUT2D eigenvalue weighted by atomic mass is 10.00. The van der Waals surface area contributed by atoms with Crippen molar-refractivity contribution in [1.29, 1.82) is 0 Å². The second kappa shape index (κ2) is 5.05. The molecule has 0 bridgehead atoms. The molecule has 0 aliphatic carbocycles. The summed E-state index contributed by atoms with van der Waals surface area (Å²) in [6.07, 6.45) is 4.24. The normalized spacial score (nSPS) is 11.0. The van der Waals surface area contributed by atoms with Crippen LogP contribution in [0.3, 0.4) is 0 Å². The van der Waals surface area contributed by atoms with Gasteiger partial charge >= 0.3 is 0 Å². The third-order valence-corrected chi connectivity index (χ3v) is 3.81. The Kier molecular flexibility index (Phi) is 3.22. The Hall–Kier alpha value is -2.62. The highest BCUT2D eigenvalue weighted by Crippen LogP contribution is 2.27. The Balaban J connectivity index is 2.24. The number of fused-ring (bicyclic) bond motifs is 1. The summed E-state index contributed by atoms with van der Waals surface area (Å²) in [7, 11) is 1.97. The zero-order valence-corrected chi connectivity index (χ0v) is 12.0. The zero-order valence-electron chi connectivity index (χ0n) is 12.0. The van der Waals surface area contributed by atoms with Gasteiger partial charge in [-0.3, -0.25) is 9.78 Å². The van der Waals surface area contributed by atoms with Crippen LogP contribution >= 0.6 is 0 Å². The molecule has 0 spiro atoms. The first-order chi connectivity index (χ1) is 10.1. The van der Waals surface area contributed by atoms with Gasteiger partial charge in [0.2, 0.25) is 0 Å². The highest BCUT2D eigenvalue weighted by atomic mass is 16.3. The van der Waals surface area contributed by atoms with Gasteiger partial charge in [0.05, 0.1) is 11.1 Å². The molecule has 2 heterocycles. The number of phenolic OH excluding ortho intramolecular Hbond substituents is 1. The number of aromatic hydroxyl groups is 1. The van der Waals surface area contributed by atoms with Crippen LogP contribution in [0.2, 0.25) is 0 Å². The fourth-order valence-corrected chi connectivity index (χ4v) is 2.77. The lowest BCUT2D eigenvalue weighted by Crippen LogP contribution is -2.05. The average Bonchev–Trinajstić information content (AvgIpc) is 2.80. The predicted molar refractivity (Wildman–Crippen MR) is 81.6 cm³/mol. The number of aryl methyl sites for hydroxylation is 1. The molecule has 21 heavy (non-hydrogen) atoms. The summed E-state index contributed by atoms with van der Waals surface area (Å²) in [5, 5.41) is 10.2. The Morgan fingerprint density at radius 1 is 1.24 bits per heavy atom. The van der Waals surface area contributed by atoms with Gasteiger partial charge in [0.15, 0.2) is 5.78 Å². The van der Waals surface area contributed by atoms with E-state index in [4.69, 9.17) is 0 Å². The number of pyridine rings is 1. The fraction of sp³-hybridized carbons (Fsp3) is 0.176. The van der Waals surface area contributed by atoms with Gasteiger partial charge in [0, 0.05) is 36.1 Å². The number of aromatic nitrogens is 2. The maximum Gasteiger partial charge on any atom is 0.195 e. The van der Waals surface area contributed by atoms with E-state index in [1.807, 2.05) is 24.6 Å². The lowest BCUT2D eigenvalue weighted by Gasteiger charge is -2.05. The first-order valence-corrected chi connectivity index (χ1v) is 6.88. The molecule has 3 aromatic rings. The van der Waals surface area contributed by atoms with Gasteiger partial charge in [-0.05, 0) is 36.8 Å². The van der Waals surface area contributed by atoms with Gasteiger partial charge in [0.25, 0.3) is 0 Å². The number of phenols is 1. The molecule has 2 aromatic heterocycles. The largest absolute Gasteiger partial charge is 0.508 e. The summed E-state index contributed by atoms with van der Waals surface area (Å²) >= 11 is 0. The number of carbonyl (C=O) groups excluding carboxylic acids is 1. The molecule has 0 saturated heterocycles. The molecule has 0 amide bonds. The molecule has 0 saturated carbocycles. The Morgan fingerprint density at radius 2 is 1.95 bits per heavy atom. The quantitative estimate of drug-likeness (QED) is 0.750. The third kappa shape index (κ3) is 2.09. The van der Waals surface area contributed by atoms with Gasteiger partial charge in [-0.25, -0.2) is 0 Å². The maximum absolute atomic E-state index is 12.8. The Morgan fingerprint density at radius 3 is 2.62 bits per heavy atom. The van der Waals surface area contributed by atoms with E-state index >= 15 is 0 Å². The Bertz CT molecular complexity index is 817. The molecule has 106 valence electrons. The highest BCUT2D eigenvalue weighted by Gasteiger charge is 2.21.